The van der Waals surface area contributed by atoms with Gasteiger partial charge in [-0.1, -0.05) is 24.3 Å². The molecule has 0 bridgehead atoms. The third kappa shape index (κ3) is 7.63. The Morgan fingerprint density at radius 3 is 2.36 bits per heavy atom. The van der Waals surface area contributed by atoms with Gasteiger partial charge >= 0.3 is 0 Å². The number of amides is 1. The molecular weight excluding hydrogens is 427 g/mol. The SMILES string of the molecule is CCNC(=NCc1ccc(CN2CCCC2=O)cc1)NC(C)(C)C.I. The van der Waals surface area contributed by atoms with Crippen LogP contribution < -0.4 is 10.6 Å². The van der Waals surface area contributed by atoms with Gasteiger partial charge in [-0.3, -0.25) is 4.79 Å². The Morgan fingerprint density at radius 1 is 1.20 bits per heavy atom. The number of rotatable bonds is 5. The Morgan fingerprint density at radius 2 is 1.84 bits per heavy atom. The van der Waals surface area contributed by atoms with Crippen molar-refractivity contribution in [2.24, 2.45) is 4.99 Å². The summed E-state index contributed by atoms with van der Waals surface area (Å²) in [6, 6.07) is 8.39. The minimum absolute atomic E-state index is 0. The quantitative estimate of drug-likeness (QED) is 0.405. The molecule has 0 aliphatic carbocycles. The molecule has 0 aromatic heterocycles. The summed E-state index contributed by atoms with van der Waals surface area (Å²) < 4.78 is 0. The van der Waals surface area contributed by atoms with Crippen LogP contribution in [-0.4, -0.2) is 35.4 Å². The Labute approximate surface area is 168 Å². The third-order valence-electron chi connectivity index (χ3n) is 3.83. The molecule has 0 unspecified atom stereocenters. The first kappa shape index (κ1) is 21.7. The summed E-state index contributed by atoms with van der Waals surface area (Å²) in [5.74, 6) is 1.10. The second-order valence-corrected chi connectivity index (χ2v) is 7.31. The van der Waals surface area contributed by atoms with Crippen molar-refractivity contribution in [3.05, 3.63) is 35.4 Å². The van der Waals surface area contributed by atoms with Gasteiger partial charge in [-0.15, -0.1) is 24.0 Å². The van der Waals surface area contributed by atoms with Crippen molar-refractivity contribution in [3.8, 4) is 0 Å². The predicted molar refractivity (Wildman–Crippen MR) is 114 cm³/mol. The molecule has 1 saturated heterocycles. The molecule has 140 valence electrons. The van der Waals surface area contributed by atoms with Crippen LogP contribution in [0.4, 0.5) is 0 Å². The molecular formula is C19H31IN4O. The van der Waals surface area contributed by atoms with Crippen LogP contribution in [0.5, 0.6) is 0 Å². The summed E-state index contributed by atoms with van der Waals surface area (Å²) in [5, 5.41) is 6.66. The van der Waals surface area contributed by atoms with Gasteiger partial charge in [0.25, 0.3) is 0 Å². The zero-order chi connectivity index (χ0) is 17.6. The molecule has 1 aliphatic heterocycles. The number of carbonyl (C=O) groups excluding carboxylic acids is 1. The molecule has 6 heteroatoms. The van der Waals surface area contributed by atoms with Crippen molar-refractivity contribution >= 4 is 35.8 Å². The van der Waals surface area contributed by atoms with Gasteiger partial charge in [-0.2, -0.15) is 0 Å². The maximum Gasteiger partial charge on any atom is 0.222 e. The Bertz CT molecular complexity index is 578. The van der Waals surface area contributed by atoms with Crippen molar-refractivity contribution < 1.29 is 4.79 Å². The van der Waals surface area contributed by atoms with E-state index in [1.54, 1.807) is 0 Å². The summed E-state index contributed by atoms with van der Waals surface area (Å²) >= 11 is 0. The number of carbonyl (C=O) groups is 1. The van der Waals surface area contributed by atoms with E-state index in [1.165, 1.54) is 5.56 Å². The molecule has 0 atom stereocenters. The van der Waals surface area contributed by atoms with Gasteiger partial charge in [0.05, 0.1) is 6.54 Å². The van der Waals surface area contributed by atoms with Crippen LogP contribution in [0, 0.1) is 0 Å². The molecule has 2 rings (SSSR count). The van der Waals surface area contributed by atoms with Crippen molar-refractivity contribution in [2.45, 2.75) is 59.2 Å². The maximum atomic E-state index is 11.7. The highest BCUT2D eigenvalue weighted by Crippen LogP contribution is 2.15. The van der Waals surface area contributed by atoms with Crippen molar-refractivity contribution in [1.29, 1.82) is 0 Å². The van der Waals surface area contributed by atoms with E-state index in [0.717, 1.165) is 37.6 Å². The second-order valence-electron chi connectivity index (χ2n) is 7.31. The Balaban J connectivity index is 0.00000312. The number of aliphatic imine (C=N–C) groups is 1. The van der Waals surface area contributed by atoms with Crippen LogP contribution in [0.1, 0.15) is 51.7 Å². The molecule has 1 aliphatic rings. The molecule has 1 heterocycles. The molecule has 2 N–H and O–H groups in total. The maximum absolute atomic E-state index is 11.7. The standard InChI is InChI=1S/C19H30N4O.HI/c1-5-20-18(22-19(2,3)4)21-13-15-8-10-16(11-9-15)14-23-12-6-7-17(23)24;/h8-11H,5-7,12-14H2,1-4H3,(H2,20,21,22);1H. The van der Waals surface area contributed by atoms with Gasteiger partial charge in [-0.25, -0.2) is 4.99 Å². The largest absolute Gasteiger partial charge is 0.357 e. The van der Waals surface area contributed by atoms with Crippen LogP contribution >= 0.6 is 24.0 Å². The number of hydrogen-bond donors (Lipinski definition) is 2. The molecule has 25 heavy (non-hydrogen) atoms. The molecule has 1 fully saturated rings. The normalized spacial score (nSPS) is 15.1. The van der Waals surface area contributed by atoms with Crippen LogP contribution in [-0.2, 0) is 17.9 Å². The van der Waals surface area contributed by atoms with Gasteiger partial charge in [-0.05, 0) is 45.2 Å². The minimum Gasteiger partial charge on any atom is -0.357 e. The predicted octanol–water partition coefficient (Wildman–Crippen LogP) is 3.28. The molecule has 0 radical (unpaired) electrons. The summed E-state index contributed by atoms with van der Waals surface area (Å²) in [7, 11) is 0. The van der Waals surface area contributed by atoms with Crippen molar-refractivity contribution in [1.82, 2.24) is 15.5 Å². The summed E-state index contributed by atoms with van der Waals surface area (Å²) in [6.45, 7) is 11.5. The molecule has 0 spiro atoms. The number of nitrogens with one attached hydrogen (secondary N) is 2. The third-order valence-corrected chi connectivity index (χ3v) is 3.83. The van der Waals surface area contributed by atoms with Crippen molar-refractivity contribution in [3.63, 3.8) is 0 Å². The van der Waals surface area contributed by atoms with Crippen molar-refractivity contribution in [2.75, 3.05) is 13.1 Å². The van der Waals surface area contributed by atoms with E-state index in [0.29, 0.717) is 13.0 Å². The summed E-state index contributed by atoms with van der Waals surface area (Å²) in [5.41, 5.74) is 2.32. The lowest BCUT2D eigenvalue weighted by Gasteiger charge is -2.23. The molecule has 1 aromatic carbocycles. The zero-order valence-electron chi connectivity index (χ0n) is 15.8. The molecule has 1 aromatic rings. The van der Waals surface area contributed by atoms with Crippen LogP contribution in [0.3, 0.4) is 0 Å². The first-order chi connectivity index (χ1) is 11.4. The number of hydrogen-bond acceptors (Lipinski definition) is 2. The fraction of sp³-hybridized carbons (Fsp3) is 0.579. The lowest BCUT2D eigenvalue weighted by Crippen LogP contribution is -2.47. The highest BCUT2D eigenvalue weighted by atomic mass is 127. The van der Waals surface area contributed by atoms with Crippen LogP contribution in [0.2, 0.25) is 0 Å². The number of likely N-dealkylation sites (tertiary alicyclic amines) is 1. The summed E-state index contributed by atoms with van der Waals surface area (Å²) in [4.78, 5) is 18.3. The average molecular weight is 458 g/mol. The first-order valence-electron chi connectivity index (χ1n) is 8.79. The molecule has 5 nitrogen and oxygen atoms in total. The minimum atomic E-state index is -0.0207. The van der Waals surface area contributed by atoms with E-state index in [-0.39, 0.29) is 35.4 Å². The van der Waals surface area contributed by atoms with E-state index < -0.39 is 0 Å². The topological polar surface area (TPSA) is 56.7 Å². The zero-order valence-corrected chi connectivity index (χ0v) is 18.1. The van der Waals surface area contributed by atoms with E-state index in [2.05, 4.69) is 67.6 Å². The van der Waals surface area contributed by atoms with Crippen LogP contribution in [0.15, 0.2) is 29.3 Å². The number of halogens is 1. The summed E-state index contributed by atoms with van der Waals surface area (Å²) in [6.07, 6.45) is 1.68. The van der Waals surface area contributed by atoms with Crippen LogP contribution in [0.25, 0.3) is 0 Å². The van der Waals surface area contributed by atoms with Gasteiger partial charge in [0.2, 0.25) is 5.91 Å². The highest BCUT2D eigenvalue weighted by Gasteiger charge is 2.19. The Hall–Kier alpha value is -1.31. The smallest absolute Gasteiger partial charge is 0.222 e. The van der Waals surface area contributed by atoms with E-state index in [1.807, 2.05) is 4.90 Å². The Kier molecular flexibility index (Phi) is 8.68. The van der Waals surface area contributed by atoms with Gasteiger partial charge in [0, 0.05) is 31.6 Å². The lowest BCUT2D eigenvalue weighted by molar-refractivity contribution is -0.128. The fourth-order valence-corrected chi connectivity index (χ4v) is 2.67. The molecule has 1 amide bonds. The average Bonchev–Trinajstić information content (AvgIpc) is 2.90. The fourth-order valence-electron chi connectivity index (χ4n) is 2.67. The van der Waals surface area contributed by atoms with Gasteiger partial charge in [0.1, 0.15) is 0 Å². The first-order valence-corrected chi connectivity index (χ1v) is 8.79. The van der Waals surface area contributed by atoms with E-state index in [9.17, 15) is 4.79 Å². The van der Waals surface area contributed by atoms with Gasteiger partial charge in [0.15, 0.2) is 5.96 Å². The lowest BCUT2D eigenvalue weighted by atomic mass is 10.1. The number of nitrogens with zero attached hydrogens (tertiary/aromatic N) is 2. The highest BCUT2D eigenvalue weighted by molar-refractivity contribution is 14.0. The second kappa shape index (κ2) is 9.99. The van der Waals surface area contributed by atoms with E-state index in [4.69, 9.17) is 0 Å². The monoisotopic (exact) mass is 458 g/mol. The number of guanidine groups is 1. The number of benzene rings is 1. The van der Waals surface area contributed by atoms with E-state index >= 15 is 0 Å². The van der Waals surface area contributed by atoms with Gasteiger partial charge < -0.3 is 15.5 Å². The molecule has 0 saturated carbocycles.